The SMILES string of the molecule is C=CCn1c(=O)n(C)c2ccccc21. The molecule has 72 valence electrons. The summed E-state index contributed by atoms with van der Waals surface area (Å²) >= 11 is 0. The Labute approximate surface area is 81.9 Å². The predicted octanol–water partition coefficient (Wildman–Crippen LogP) is 1.53. The van der Waals surface area contributed by atoms with E-state index in [-0.39, 0.29) is 5.69 Å². The molecule has 0 unspecified atom stereocenters. The largest absolute Gasteiger partial charge is 0.329 e. The first-order chi connectivity index (χ1) is 6.75. The van der Waals surface area contributed by atoms with Crippen molar-refractivity contribution >= 4 is 11.0 Å². The molecule has 0 radical (unpaired) electrons. The molecule has 14 heavy (non-hydrogen) atoms. The maximum absolute atomic E-state index is 11.8. The van der Waals surface area contributed by atoms with Gasteiger partial charge in [0.1, 0.15) is 0 Å². The zero-order chi connectivity index (χ0) is 10.1. The van der Waals surface area contributed by atoms with Gasteiger partial charge in [0.2, 0.25) is 0 Å². The van der Waals surface area contributed by atoms with Crippen LogP contribution in [-0.4, -0.2) is 9.13 Å². The third-order valence-corrected chi connectivity index (χ3v) is 2.36. The van der Waals surface area contributed by atoms with Gasteiger partial charge in [0.05, 0.1) is 11.0 Å². The van der Waals surface area contributed by atoms with Gasteiger partial charge in [-0.3, -0.25) is 9.13 Å². The minimum absolute atomic E-state index is 0.00565. The van der Waals surface area contributed by atoms with Crippen molar-refractivity contribution in [2.75, 3.05) is 0 Å². The van der Waals surface area contributed by atoms with Crippen LogP contribution in [0, 0.1) is 0 Å². The van der Waals surface area contributed by atoms with E-state index in [0.29, 0.717) is 6.54 Å². The molecule has 0 N–H and O–H groups in total. The third kappa shape index (κ3) is 1.09. The van der Waals surface area contributed by atoms with Gasteiger partial charge in [-0.15, -0.1) is 6.58 Å². The average Bonchev–Trinajstić information content (AvgIpc) is 2.45. The lowest BCUT2D eigenvalue weighted by atomic mass is 10.3. The Balaban J connectivity index is 2.87. The molecule has 2 aromatic rings. The summed E-state index contributed by atoms with van der Waals surface area (Å²) in [4.78, 5) is 11.8. The Kier molecular flexibility index (Phi) is 2.00. The van der Waals surface area contributed by atoms with Crippen molar-refractivity contribution in [2.45, 2.75) is 6.54 Å². The molecule has 0 aliphatic rings. The summed E-state index contributed by atoms with van der Waals surface area (Å²) in [5.41, 5.74) is 1.92. The zero-order valence-corrected chi connectivity index (χ0v) is 8.10. The molecule has 0 amide bonds. The summed E-state index contributed by atoms with van der Waals surface area (Å²) < 4.78 is 3.36. The number of allylic oxidation sites excluding steroid dienone is 1. The van der Waals surface area contributed by atoms with Crippen LogP contribution >= 0.6 is 0 Å². The molecule has 0 saturated carbocycles. The molecule has 0 bridgehead atoms. The number of para-hydroxylation sites is 2. The van der Waals surface area contributed by atoms with Crippen LogP contribution in [0.15, 0.2) is 41.7 Å². The van der Waals surface area contributed by atoms with E-state index >= 15 is 0 Å². The lowest BCUT2D eigenvalue weighted by molar-refractivity contribution is 0.750. The van der Waals surface area contributed by atoms with Crippen LogP contribution in [0.25, 0.3) is 11.0 Å². The predicted molar refractivity (Wildman–Crippen MR) is 57.4 cm³/mol. The number of rotatable bonds is 2. The molecule has 1 aromatic heterocycles. The van der Waals surface area contributed by atoms with Gasteiger partial charge in [0, 0.05) is 13.6 Å². The van der Waals surface area contributed by atoms with Gasteiger partial charge in [0.15, 0.2) is 0 Å². The molecule has 0 spiro atoms. The zero-order valence-electron chi connectivity index (χ0n) is 8.10. The number of fused-ring (bicyclic) bond motifs is 1. The number of benzene rings is 1. The fourth-order valence-electron chi connectivity index (χ4n) is 1.67. The summed E-state index contributed by atoms with van der Waals surface area (Å²) in [5, 5.41) is 0. The molecule has 0 aliphatic carbocycles. The number of nitrogens with zero attached hydrogens (tertiary/aromatic N) is 2. The first kappa shape index (κ1) is 8.81. The van der Waals surface area contributed by atoms with Crippen molar-refractivity contribution in [1.29, 1.82) is 0 Å². The average molecular weight is 188 g/mol. The first-order valence-corrected chi connectivity index (χ1v) is 4.51. The van der Waals surface area contributed by atoms with Crippen molar-refractivity contribution in [3.63, 3.8) is 0 Å². The van der Waals surface area contributed by atoms with E-state index in [2.05, 4.69) is 6.58 Å². The molecule has 3 nitrogen and oxygen atoms in total. The molecule has 1 heterocycles. The van der Waals surface area contributed by atoms with Crippen LogP contribution in [0.4, 0.5) is 0 Å². The maximum atomic E-state index is 11.8. The van der Waals surface area contributed by atoms with E-state index in [4.69, 9.17) is 0 Å². The van der Waals surface area contributed by atoms with Crippen molar-refractivity contribution in [3.05, 3.63) is 47.4 Å². The summed E-state index contributed by atoms with van der Waals surface area (Å²) in [6.07, 6.45) is 1.73. The van der Waals surface area contributed by atoms with Gasteiger partial charge in [-0.25, -0.2) is 4.79 Å². The van der Waals surface area contributed by atoms with Gasteiger partial charge in [-0.1, -0.05) is 18.2 Å². The van der Waals surface area contributed by atoms with Crippen LogP contribution in [0.5, 0.6) is 0 Å². The number of hydrogen-bond acceptors (Lipinski definition) is 1. The highest BCUT2D eigenvalue weighted by Crippen LogP contribution is 2.10. The molecule has 2 rings (SSSR count). The molecule has 0 saturated heterocycles. The molecule has 3 heteroatoms. The van der Waals surface area contributed by atoms with Gasteiger partial charge in [0.25, 0.3) is 0 Å². The summed E-state index contributed by atoms with van der Waals surface area (Å²) in [7, 11) is 1.78. The van der Waals surface area contributed by atoms with E-state index in [1.807, 2.05) is 24.3 Å². The lowest BCUT2D eigenvalue weighted by Crippen LogP contribution is -2.21. The number of hydrogen-bond donors (Lipinski definition) is 0. The Morgan fingerprint density at radius 1 is 1.36 bits per heavy atom. The van der Waals surface area contributed by atoms with Crippen molar-refractivity contribution in [3.8, 4) is 0 Å². The Morgan fingerprint density at radius 3 is 2.64 bits per heavy atom. The standard InChI is InChI=1S/C11H12N2O/c1-3-8-13-10-7-5-4-6-9(10)12(2)11(13)14/h3-7H,1,8H2,2H3. The van der Waals surface area contributed by atoms with Crippen LogP contribution < -0.4 is 5.69 Å². The first-order valence-electron chi connectivity index (χ1n) is 4.51. The highest BCUT2D eigenvalue weighted by atomic mass is 16.1. The van der Waals surface area contributed by atoms with Crippen LogP contribution in [0.1, 0.15) is 0 Å². The van der Waals surface area contributed by atoms with E-state index < -0.39 is 0 Å². The quantitative estimate of drug-likeness (QED) is 0.656. The second kappa shape index (κ2) is 3.18. The van der Waals surface area contributed by atoms with Crippen LogP contribution in [0.3, 0.4) is 0 Å². The van der Waals surface area contributed by atoms with E-state index in [1.165, 1.54) is 0 Å². The second-order valence-corrected chi connectivity index (χ2v) is 3.23. The third-order valence-electron chi connectivity index (χ3n) is 2.36. The minimum atomic E-state index is 0.00565. The van der Waals surface area contributed by atoms with Crippen molar-refractivity contribution < 1.29 is 0 Å². The van der Waals surface area contributed by atoms with Crippen molar-refractivity contribution in [1.82, 2.24) is 9.13 Å². The van der Waals surface area contributed by atoms with Gasteiger partial charge < -0.3 is 0 Å². The van der Waals surface area contributed by atoms with E-state index in [1.54, 1.807) is 22.3 Å². The van der Waals surface area contributed by atoms with Crippen LogP contribution in [-0.2, 0) is 13.6 Å². The fourth-order valence-corrected chi connectivity index (χ4v) is 1.67. The smallest absolute Gasteiger partial charge is 0.295 e. The Morgan fingerprint density at radius 2 is 2.00 bits per heavy atom. The Bertz CT molecular complexity index is 534. The molecule has 0 aliphatic heterocycles. The van der Waals surface area contributed by atoms with E-state index in [0.717, 1.165) is 11.0 Å². The molecule has 0 atom stereocenters. The van der Waals surface area contributed by atoms with E-state index in [9.17, 15) is 4.79 Å². The Hall–Kier alpha value is -1.77. The highest BCUT2D eigenvalue weighted by Gasteiger charge is 2.07. The topological polar surface area (TPSA) is 26.9 Å². The van der Waals surface area contributed by atoms with Gasteiger partial charge in [-0.2, -0.15) is 0 Å². The second-order valence-electron chi connectivity index (χ2n) is 3.23. The highest BCUT2D eigenvalue weighted by molar-refractivity contribution is 5.75. The summed E-state index contributed by atoms with van der Waals surface area (Å²) in [5.74, 6) is 0. The summed E-state index contributed by atoms with van der Waals surface area (Å²) in [6, 6.07) is 7.75. The molecular weight excluding hydrogens is 176 g/mol. The molecule has 0 fully saturated rings. The fraction of sp³-hybridized carbons (Fsp3) is 0.182. The normalized spacial score (nSPS) is 10.6. The van der Waals surface area contributed by atoms with Gasteiger partial charge in [-0.05, 0) is 12.1 Å². The number of imidazole rings is 1. The molecule has 1 aromatic carbocycles. The van der Waals surface area contributed by atoms with Crippen LogP contribution in [0.2, 0.25) is 0 Å². The maximum Gasteiger partial charge on any atom is 0.329 e. The minimum Gasteiger partial charge on any atom is -0.295 e. The number of aromatic nitrogens is 2. The monoisotopic (exact) mass is 188 g/mol. The van der Waals surface area contributed by atoms with Gasteiger partial charge >= 0.3 is 5.69 Å². The molecular formula is C11H12N2O. The number of aryl methyl sites for hydroxylation is 1. The summed E-state index contributed by atoms with van der Waals surface area (Å²) in [6.45, 7) is 4.20. The lowest BCUT2D eigenvalue weighted by Gasteiger charge is -1.96. The van der Waals surface area contributed by atoms with Crippen molar-refractivity contribution in [2.24, 2.45) is 7.05 Å².